The highest BCUT2D eigenvalue weighted by atomic mass is 32.1. The maximum absolute atomic E-state index is 4.78. The van der Waals surface area contributed by atoms with Crippen molar-refractivity contribution in [1.82, 2.24) is 10.3 Å². The van der Waals surface area contributed by atoms with Crippen molar-refractivity contribution in [2.24, 2.45) is 5.92 Å². The quantitative estimate of drug-likeness (QED) is 0.791. The molecule has 1 aliphatic rings. The average molecular weight is 309 g/mol. The molecule has 0 saturated heterocycles. The van der Waals surface area contributed by atoms with Gasteiger partial charge in [-0.05, 0) is 32.7 Å². The van der Waals surface area contributed by atoms with Gasteiger partial charge >= 0.3 is 0 Å². The van der Waals surface area contributed by atoms with E-state index in [-0.39, 0.29) is 5.41 Å². The number of thiazole rings is 1. The number of hydrogen-bond donors (Lipinski definition) is 1. The van der Waals surface area contributed by atoms with E-state index in [0.717, 1.165) is 12.5 Å². The van der Waals surface area contributed by atoms with Gasteiger partial charge in [-0.3, -0.25) is 0 Å². The first-order chi connectivity index (χ1) is 9.88. The highest BCUT2D eigenvalue weighted by molar-refractivity contribution is 7.12. The third kappa shape index (κ3) is 4.79. The van der Waals surface area contributed by atoms with Crippen LogP contribution in [0.4, 0.5) is 0 Å². The second-order valence-corrected chi connectivity index (χ2v) is 8.72. The zero-order valence-corrected chi connectivity index (χ0v) is 15.3. The average Bonchev–Trinajstić information content (AvgIpc) is 2.82. The van der Waals surface area contributed by atoms with Crippen molar-refractivity contribution in [1.29, 1.82) is 0 Å². The molecule has 0 bridgehead atoms. The molecular weight excluding hydrogens is 276 g/mol. The Balaban J connectivity index is 1.85. The van der Waals surface area contributed by atoms with Gasteiger partial charge in [0, 0.05) is 16.3 Å². The van der Waals surface area contributed by atoms with Crippen LogP contribution < -0.4 is 5.32 Å². The molecular formula is C18H32N2S. The van der Waals surface area contributed by atoms with E-state index in [1.807, 2.05) is 11.3 Å². The fourth-order valence-corrected chi connectivity index (χ4v) is 4.35. The second-order valence-electron chi connectivity index (χ2n) is 7.69. The molecule has 1 unspecified atom stereocenters. The molecule has 0 radical (unpaired) electrons. The molecule has 0 aliphatic heterocycles. The van der Waals surface area contributed by atoms with Crippen LogP contribution in [0.3, 0.4) is 0 Å². The van der Waals surface area contributed by atoms with Crippen LogP contribution in [0, 0.1) is 12.8 Å². The van der Waals surface area contributed by atoms with Crippen LogP contribution >= 0.6 is 11.3 Å². The van der Waals surface area contributed by atoms with E-state index in [1.54, 1.807) is 0 Å². The minimum atomic E-state index is 0.162. The van der Waals surface area contributed by atoms with Gasteiger partial charge in [-0.1, -0.05) is 52.9 Å². The molecule has 1 aromatic heterocycles. The van der Waals surface area contributed by atoms with Gasteiger partial charge < -0.3 is 5.32 Å². The summed E-state index contributed by atoms with van der Waals surface area (Å²) in [5.41, 5.74) is 1.37. The summed E-state index contributed by atoms with van der Waals surface area (Å²) in [4.78, 5) is 6.20. The van der Waals surface area contributed by atoms with Crippen molar-refractivity contribution < 1.29 is 0 Å². The Hall–Kier alpha value is -0.410. The third-order valence-corrected chi connectivity index (χ3v) is 6.36. The summed E-state index contributed by atoms with van der Waals surface area (Å²) >= 11 is 1.89. The number of nitrogens with zero attached hydrogens (tertiary/aromatic N) is 1. The Morgan fingerprint density at radius 1 is 1.24 bits per heavy atom. The van der Waals surface area contributed by atoms with Gasteiger partial charge in [0.1, 0.15) is 0 Å². The first kappa shape index (κ1) is 17.0. The van der Waals surface area contributed by atoms with Crippen LogP contribution in [-0.4, -0.2) is 11.5 Å². The van der Waals surface area contributed by atoms with Crippen molar-refractivity contribution in [2.45, 2.75) is 84.6 Å². The lowest BCUT2D eigenvalue weighted by Crippen LogP contribution is -2.22. The lowest BCUT2D eigenvalue weighted by Gasteiger charge is -2.22. The maximum Gasteiger partial charge on any atom is 0.0985 e. The number of rotatable bonds is 5. The van der Waals surface area contributed by atoms with Crippen LogP contribution in [0.25, 0.3) is 0 Å². The summed E-state index contributed by atoms with van der Waals surface area (Å²) in [5.74, 6) is 0.964. The SMILES string of the molecule is Cc1nc(C(C)(C)C)sc1C(C)NCCC1CCCCC1. The molecule has 1 fully saturated rings. The van der Waals surface area contributed by atoms with Gasteiger partial charge in [-0.15, -0.1) is 11.3 Å². The summed E-state index contributed by atoms with van der Waals surface area (Å²) in [6.45, 7) is 12.3. The van der Waals surface area contributed by atoms with Crippen LogP contribution in [0.15, 0.2) is 0 Å². The van der Waals surface area contributed by atoms with Crippen molar-refractivity contribution >= 4 is 11.3 Å². The Morgan fingerprint density at radius 3 is 2.48 bits per heavy atom. The molecule has 1 heterocycles. The molecule has 0 spiro atoms. The van der Waals surface area contributed by atoms with E-state index in [2.05, 4.69) is 39.9 Å². The number of aromatic nitrogens is 1. The fourth-order valence-electron chi connectivity index (χ4n) is 3.20. The topological polar surface area (TPSA) is 24.9 Å². The van der Waals surface area contributed by atoms with Crippen molar-refractivity contribution in [3.63, 3.8) is 0 Å². The lowest BCUT2D eigenvalue weighted by atomic mass is 9.87. The number of nitrogens with one attached hydrogen (secondary N) is 1. The highest BCUT2D eigenvalue weighted by Gasteiger charge is 2.22. The molecule has 120 valence electrons. The molecule has 21 heavy (non-hydrogen) atoms. The molecule has 1 saturated carbocycles. The molecule has 2 nitrogen and oxygen atoms in total. The van der Waals surface area contributed by atoms with Crippen LogP contribution in [0.5, 0.6) is 0 Å². The van der Waals surface area contributed by atoms with Crippen LogP contribution in [-0.2, 0) is 5.41 Å². The van der Waals surface area contributed by atoms with E-state index in [9.17, 15) is 0 Å². The Morgan fingerprint density at radius 2 is 1.90 bits per heavy atom. The minimum absolute atomic E-state index is 0.162. The van der Waals surface area contributed by atoms with Crippen molar-refractivity contribution in [3.8, 4) is 0 Å². The summed E-state index contributed by atoms with van der Waals surface area (Å²) in [6.07, 6.45) is 8.59. The number of aryl methyl sites for hydroxylation is 1. The predicted octanol–water partition coefficient (Wildman–Crippen LogP) is 5.37. The third-order valence-electron chi connectivity index (χ3n) is 4.60. The summed E-state index contributed by atoms with van der Waals surface area (Å²) < 4.78 is 0. The van der Waals surface area contributed by atoms with Gasteiger partial charge in [-0.25, -0.2) is 4.98 Å². The molecule has 3 heteroatoms. The maximum atomic E-state index is 4.78. The largest absolute Gasteiger partial charge is 0.309 e. The summed E-state index contributed by atoms with van der Waals surface area (Å²) in [6, 6.07) is 0.433. The zero-order valence-electron chi connectivity index (χ0n) is 14.5. The fraction of sp³-hybridized carbons (Fsp3) is 0.833. The van der Waals surface area contributed by atoms with E-state index < -0.39 is 0 Å². The minimum Gasteiger partial charge on any atom is -0.309 e. The molecule has 0 amide bonds. The first-order valence-corrected chi connectivity index (χ1v) is 9.40. The second kappa shape index (κ2) is 7.23. The molecule has 1 aromatic rings. The Labute approximate surface area is 134 Å². The highest BCUT2D eigenvalue weighted by Crippen LogP contribution is 2.32. The van der Waals surface area contributed by atoms with Gasteiger partial charge in [0.25, 0.3) is 0 Å². The van der Waals surface area contributed by atoms with E-state index in [4.69, 9.17) is 4.98 Å². The monoisotopic (exact) mass is 308 g/mol. The number of hydrogen-bond acceptors (Lipinski definition) is 3. The van der Waals surface area contributed by atoms with Crippen molar-refractivity contribution in [3.05, 3.63) is 15.6 Å². The molecule has 1 aliphatic carbocycles. The van der Waals surface area contributed by atoms with Gasteiger partial charge in [-0.2, -0.15) is 0 Å². The first-order valence-electron chi connectivity index (χ1n) is 8.59. The molecule has 0 aromatic carbocycles. The summed E-state index contributed by atoms with van der Waals surface area (Å²) in [5, 5.41) is 4.98. The van der Waals surface area contributed by atoms with Gasteiger partial charge in [0.05, 0.1) is 10.7 Å². The molecule has 1 N–H and O–H groups in total. The van der Waals surface area contributed by atoms with Gasteiger partial charge in [0.2, 0.25) is 0 Å². The molecule has 1 atom stereocenters. The smallest absolute Gasteiger partial charge is 0.0985 e. The van der Waals surface area contributed by atoms with Crippen LogP contribution in [0.1, 0.15) is 87.8 Å². The van der Waals surface area contributed by atoms with Crippen molar-refractivity contribution in [2.75, 3.05) is 6.54 Å². The summed E-state index contributed by atoms with van der Waals surface area (Å²) in [7, 11) is 0. The van der Waals surface area contributed by atoms with E-state index in [0.29, 0.717) is 6.04 Å². The van der Waals surface area contributed by atoms with Crippen LogP contribution in [0.2, 0.25) is 0 Å². The zero-order chi connectivity index (χ0) is 15.5. The Kier molecular flexibility index (Phi) is 5.84. The van der Waals surface area contributed by atoms with E-state index >= 15 is 0 Å². The standard InChI is InChI=1S/C18H32N2S/c1-13(19-12-11-15-9-7-6-8-10-15)16-14(2)20-17(21-16)18(3,4)5/h13,15,19H,6-12H2,1-5H3. The molecule has 2 rings (SSSR count). The van der Waals surface area contributed by atoms with Gasteiger partial charge in [0.15, 0.2) is 0 Å². The Bertz CT molecular complexity index is 439. The lowest BCUT2D eigenvalue weighted by molar-refractivity contribution is 0.330. The normalized spacial score (nSPS) is 18.9. The van der Waals surface area contributed by atoms with E-state index in [1.165, 1.54) is 54.1 Å². The predicted molar refractivity (Wildman–Crippen MR) is 93.2 cm³/mol.